The van der Waals surface area contributed by atoms with E-state index in [4.69, 9.17) is 14.2 Å². The number of anilines is 2. The molecule has 0 saturated carbocycles. The molecular weight excluding hydrogens is 538 g/mol. The van der Waals surface area contributed by atoms with Crippen LogP contribution in [-0.2, 0) is 16.1 Å². The van der Waals surface area contributed by atoms with E-state index in [0.29, 0.717) is 11.0 Å². The molecule has 14 heteroatoms. The van der Waals surface area contributed by atoms with Gasteiger partial charge in [-0.25, -0.2) is 23.2 Å². The molecule has 0 aliphatic heterocycles. The van der Waals surface area contributed by atoms with Crippen molar-refractivity contribution in [3.8, 4) is 11.5 Å². The van der Waals surface area contributed by atoms with Crippen LogP contribution < -0.4 is 20.1 Å². The quantitative estimate of drug-likeness (QED) is 0.293. The third-order valence-corrected chi connectivity index (χ3v) is 6.32. The summed E-state index contributed by atoms with van der Waals surface area (Å²) in [6, 6.07) is 3.89. The van der Waals surface area contributed by atoms with Crippen LogP contribution in [0.2, 0.25) is 0 Å². The molecule has 4 rings (SSSR count). The first-order valence-electron chi connectivity index (χ1n) is 11.0. The lowest BCUT2D eigenvalue weighted by Gasteiger charge is -2.15. The number of hydrogen-bond donors (Lipinski definition) is 2. The van der Waals surface area contributed by atoms with E-state index in [2.05, 4.69) is 25.3 Å². The van der Waals surface area contributed by atoms with Crippen LogP contribution in [0.15, 0.2) is 42.0 Å². The third kappa shape index (κ3) is 5.70. The fourth-order valence-electron chi connectivity index (χ4n) is 3.53. The molecular formula is C25H20F2N4O7S. The second-order valence-electron chi connectivity index (χ2n) is 7.64. The number of nitrogens with zero attached hydrogens (tertiary/aromatic N) is 2. The summed E-state index contributed by atoms with van der Waals surface area (Å²) < 4.78 is 49.6. The predicted octanol–water partition coefficient (Wildman–Crippen LogP) is 4.77. The number of nitrogens with one attached hydrogen (secondary N) is 2. The molecule has 202 valence electrons. The molecule has 0 saturated heterocycles. The van der Waals surface area contributed by atoms with E-state index in [1.165, 1.54) is 37.0 Å². The van der Waals surface area contributed by atoms with Gasteiger partial charge in [-0.1, -0.05) is 0 Å². The minimum Gasteiger partial charge on any atom is -0.493 e. The number of fused-ring (bicyclic) bond motifs is 1. The normalized spacial score (nSPS) is 10.6. The van der Waals surface area contributed by atoms with Crippen molar-refractivity contribution < 1.29 is 42.1 Å². The highest BCUT2D eigenvalue weighted by atomic mass is 32.1. The molecule has 2 heterocycles. The average Bonchev–Trinajstić information content (AvgIpc) is 3.36. The van der Waals surface area contributed by atoms with Gasteiger partial charge in [0.05, 0.1) is 49.3 Å². The summed E-state index contributed by atoms with van der Waals surface area (Å²) in [5, 5.41) is 6.02. The Morgan fingerprint density at radius 1 is 0.897 bits per heavy atom. The van der Waals surface area contributed by atoms with Crippen LogP contribution in [0.5, 0.6) is 11.5 Å². The molecule has 11 nitrogen and oxygen atoms in total. The van der Waals surface area contributed by atoms with Gasteiger partial charge < -0.3 is 29.6 Å². The molecule has 0 fully saturated rings. The van der Waals surface area contributed by atoms with Crippen molar-refractivity contribution in [3.05, 3.63) is 69.7 Å². The number of aromatic nitrogens is 2. The number of urea groups is 1. The molecule has 0 atom stereocenters. The van der Waals surface area contributed by atoms with E-state index < -0.39 is 29.6 Å². The Labute approximate surface area is 223 Å². The van der Waals surface area contributed by atoms with E-state index in [-0.39, 0.29) is 45.5 Å². The summed E-state index contributed by atoms with van der Waals surface area (Å²) in [6.07, 6.45) is 2.88. The second-order valence-corrected chi connectivity index (χ2v) is 8.52. The van der Waals surface area contributed by atoms with Gasteiger partial charge in [-0.2, -0.15) is 0 Å². The Balaban J connectivity index is 1.57. The zero-order chi connectivity index (χ0) is 28.1. The maximum atomic E-state index is 14.8. The first-order chi connectivity index (χ1) is 18.8. The van der Waals surface area contributed by atoms with Crippen LogP contribution in [0.1, 0.15) is 25.6 Å². The lowest BCUT2D eigenvalue weighted by atomic mass is 10.1. The summed E-state index contributed by atoms with van der Waals surface area (Å²) in [5.41, 5.74) is 0.280. The van der Waals surface area contributed by atoms with Crippen LogP contribution in [0, 0.1) is 11.6 Å². The average molecular weight is 559 g/mol. The first kappa shape index (κ1) is 27.2. The Morgan fingerprint density at radius 3 is 2.33 bits per heavy atom. The van der Waals surface area contributed by atoms with Crippen molar-refractivity contribution in [2.24, 2.45) is 0 Å². The van der Waals surface area contributed by atoms with Gasteiger partial charge in [0.25, 0.3) is 0 Å². The van der Waals surface area contributed by atoms with Crippen molar-refractivity contribution in [1.82, 2.24) is 9.97 Å². The zero-order valence-corrected chi connectivity index (χ0v) is 21.5. The molecule has 0 aliphatic carbocycles. The Bertz CT molecular complexity index is 1580. The van der Waals surface area contributed by atoms with Crippen molar-refractivity contribution in [2.45, 2.75) is 6.61 Å². The molecule has 2 N–H and O–H groups in total. The summed E-state index contributed by atoms with van der Waals surface area (Å²) in [4.78, 5) is 45.1. The van der Waals surface area contributed by atoms with E-state index in [9.17, 15) is 23.2 Å². The van der Waals surface area contributed by atoms with Crippen LogP contribution >= 0.6 is 11.3 Å². The van der Waals surface area contributed by atoms with Gasteiger partial charge in [-0.05, 0) is 12.1 Å². The molecule has 2 amide bonds. The summed E-state index contributed by atoms with van der Waals surface area (Å²) in [5.74, 6) is -3.16. The largest absolute Gasteiger partial charge is 0.493 e. The number of amides is 2. The molecule has 0 bridgehead atoms. The Morgan fingerprint density at radius 2 is 1.62 bits per heavy atom. The zero-order valence-electron chi connectivity index (χ0n) is 20.7. The Kier molecular flexibility index (Phi) is 8.15. The third-order valence-electron chi connectivity index (χ3n) is 5.36. The monoisotopic (exact) mass is 558 g/mol. The fourth-order valence-corrected chi connectivity index (χ4v) is 4.44. The van der Waals surface area contributed by atoms with Crippen molar-refractivity contribution in [1.29, 1.82) is 0 Å². The number of esters is 2. The van der Waals surface area contributed by atoms with Gasteiger partial charge in [0.1, 0.15) is 22.9 Å². The number of carbonyl (C=O) groups is 3. The Hall–Kier alpha value is -4.85. The number of benzene rings is 2. The predicted molar refractivity (Wildman–Crippen MR) is 136 cm³/mol. The minimum absolute atomic E-state index is 0.00625. The smallest absolute Gasteiger partial charge is 0.349 e. The van der Waals surface area contributed by atoms with Crippen LogP contribution in [0.4, 0.5) is 25.0 Å². The van der Waals surface area contributed by atoms with Gasteiger partial charge in [-0.15, -0.1) is 11.3 Å². The molecule has 0 aliphatic rings. The molecule has 0 radical (unpaired) electrons. The molecule has 4 aromatic rings. The number of halogens is 2. The standard InChI is InChI=1S/C25H20F2N4O7S/c1-35-18-8-14(27)16(9-19(18)38-10-12-13(26)4-5-15-21(12)29-7-6-28-15)30-25(34)31-17-11-39-22(24(33)37-3)20(17)23(32)36-2/h4-9,11H,10H2,1-3H3,(H2,30,31,34). The van der Waals surface area contributed by atoms with Crippen molar-refractivity contribution in [3.63, 3.8) is 0 Å². The summed E-state index contributed by atoms with van der Waals surface area (Å²) in [7, 11) is 3.53. The SMILES string of the molecule is COC(=O)c1scc(NC(=O)Nc2cc(OCc3c(F)ccc4nccnc34)c(OC)cc2F)c1C(=O)OC. The number of rotatable bonds is 8. The maximum Gasteiger partial charge on any atom is 0.349 e. The number of methoxy groups -OCH3 is 3. The first-order valence-corrected chi connectivity index (χ1v) is 11.9. The van der Waals surface area contributed by atoms with Crippen LogP contribution in [-0.4, -0.2) is 49.3 Å². The number of carbonyl (C=O) groups excluding carboxylic acids is 3. The highest BCUT2D eigenvalue weighted by Gasteiger charge is 2.26. The number of ether oxygens (including phenoxy) is 4. The highest BCUT2D eigenvalue weighted by Crippen LogP contribution is 2.34. The van der Waals surface area contributed by atoms with E-state index >= 15 is 0 Å². The molecule has 0 spiro atoms. The number of hydrogen-bond acceptors (Lipinski definition) is 10. The highest BCUT2D eigenvalue weighted by molar-refractivity contribution is 7.13. The van der Waals surface area contributed by atoms with Gasteiger partial charge in [0.15, 0.2) is 17.3 Å². The van der Waals surface area contributed by atoms with Gasteiger partial charge >= 0.3 is 18.0 Å². The van der Waals surface area contributed by atoms with Crippen molar-refractivity contribution in [2.75, 3.05) is 32.0 Å². The topological polar surface area (TPSA) is 138 Å². The molecule has 0 unspecified atom stereocenters. The molecule has 2 aromatic heterocycles. The van der Waals surface area contributed by atoms with E-state index in [1.807, 2.05) is 0 Å². The lowest BCUT2D eigenvalue weighted by Crippen LogP contribution is -2.22. The number of thiophene rings is 1. The van der Waals surface area contributed by atoms with Crippen LogP contribution in [0.3, 0.4) is 0 Å². The van der Waals surface area contributed by atoms with Gasteiger partial charge in [0, 0.05) is 29.9 Å². The fraction of sp³-hybridized carbons (Fsp3) is 0.160. The summed E-state index contributed by atoms with van der Waals surface area (Å²) in [6.45, 7) is -0.302. The summed E-state index contributed by atoms with van der Waals surface area (Å²) >= 11 is 0.849. The lowest BCUT2D eigenvalue weighted by molar-refractivity contribution is 0.0561. The second kappa shape index (κ2) is 11.7. The van der Waals surface area contributed by atoms with E-state index in [0.717, 1.165) is 37.7 Å². The molecule has 2 aromatic carbocycles. The maximum absolute atomic E-state index is 14.8. The van der Waals surface area contributed by atoms with E-state index in [1.54, 1.807) is 0 Å². The minimum atomic E-state index is -0.945. The van der Waals surface area contributed by atoms with Gasteiger partial charge in [0.2, 0.25) is 0 Å². The molecule has 39 heavy (non-hydrogen) atoms. The van der Waals surface area contributed by atoms with Gasteiger partial charge in [-0.3, -0.25) is 9.97 Å². The van der Waals surface area contributed by atoms with Crippen LogP contribution in [0.25, 0.3) is 11.0 Å². The van der Waals surface area contributed by atoms with Crippen molar-refractivity contribution >= 4 is 51.7 Å².